The monoisotopic (exact) mass is 352 g/mol. The molecule has 4 heteroatoms. The summed E-state index contributed by atoms with van der Waals surface area (Å²) in [7, 11) is 0. The summed E-state index contributed by atoms with van der Waals surface area (Å²) in [5, 5.41) is 4.78. The number of benzene rings is 1. The number of thiazole rings is 1. The van der Waals surface area contributed by atoms with E-state index in [1.165, 1.54) is 16.0 Å². The second kappa shape index (κ2) is 6.37. The molecule has 0 aliphatic rings. The van der Waals surface area contributed by atoms with E-state index in [-0.39, 0.29) is 6.04 Å². The molecule has 0 spiro atoms. The summed E-state index contributed by atoms with van der Waals surface area (Å²) in [6.45, 7) is 10.7. The highest BCUT2D eigenvalue weighted by Gasteiger charge is 2.20. The molecule has 0 aliphatic carbocycles. The van der Waals surface area contributed by atoms with Crippen molar-refractivity contribution < 1.29 is 0 Å². The van der Waals surface area contributed by atoms with E-state index in [1.807, 2.05) is 0 Å². The largest absolute Gasteiger partial charge is 0.302 e. The van der Waals surface area contributed by atoms with Gasteiger partial charge in [0.15, 0.2) is 0 Å². The molecular formula is C16H21BrN2S. The van der Waals surface area contributed by atoms with E-state index in [2.05, 4.69) is 74.1 Å². The Morgan fingerprint density at radius 3 is 2.40 bits per heavy atom. The highest BCUT2D eigenvalue weighted by molar-refractivity contribution is 9.10. The first kappa shape index (κ1) is 15.7. The summed E-state index contributed by atoms with van der Waals surface area (Å²) in [5.41, 5.74) is 3.66. The van der Waals surface area contributed by atoms with Gasteiger partial charge >= 0.3 is 0 Å². The molecule has 1 aromatic heterocycles. The maximum atomic E-state index is 4.74. The van der Waals surface area contributed by atoms with E-state index >= 15 is 0 Å². The van der Waals surface area contributed by atoms with E-state index in [0.717, 1.165) is 15.2 Å². The van der Waals surface area contributed by atoms with Gasteiger partial charge in [-0.2, -0.15) is 0 Å². The Balaban J connectivity index is 2.43. The lowest BCUT2D eigenvalue weighted by Gasteiger charge is -2.20. The Morgan fingerprint density at radius 1 is 1.20 bits per heavy atom. The van der Waals surface area contributed by atoms with Crippen LogP contribution in [0.2, 0.25) is 0 Å². The van der Waals surface area contributed by atoms with Gasteiger partial charge < -0.3 is 5.32 Å². The zero-order valence-corrected chi connectivity index (χ0v) is 15.0. The lowest BCUT2D eigenvalue weighted by molar-refractivity contribution is 0.526. The molecule has 0 amide bonds. The SMILES string of the molecule is Cc1cc(C(NC(C)C)c2nc(C)c(C)s2)ccc1Br. The predicted molar refractivity (Wildman–Crippen MR) is 90.6 cm³/mol. The van der Waals surface area contributed by atoms with Crippen molar-refractivity contribution in [1.82, 2.24) is 10.3 Å². The minimum atomic E-state index is 0.166. The third-order valence-corrected chi connectivity index (χ3v) is 5.33. The molecule has 1 N–H and O–H groups in total. The van der Waals surface area contributed by atoms with Crippen molar-refractivity contribution in [2.24, 2.45) is 0 Å². The number of hydrogen-bond donors (Lipinski definition) is 1. The summed E-state index contributed by atoms with van der Waals surface area (Å²) in [6, 6.07) is 7.10. The van der Waals surface area contributed by atoms with Gasteiger partial charge in [-0.05, 0) is 51.8 Å². The van der Waals surface area contributed by atoms with Gasteiger partial charge in [0, 0.05) is 15.4 Å². The van der Waals surface area contributed by atoms with Crippen LogP contribution in [0.25, 0.3) is 0 Å². The molecule has 0 bridgehead atoms. The second-order valence-electron chi connectivity index (χ2n) is 5.46. The Bertz CT molecular complexity index is 585. The van der Waals surface area contributed by atoms with Gasteiger partial charge in [0.05, 0.1) is 11.7 Å². The number of halogens is 1. The second-order valence-corrected chi connectivity index (χ2v) is 7.55. The van der Waals surface area contributed by atoms with E-state index in [1.54, 1.807) is 11.3 Å². The number of rotatable bonds is 4. The van der Waals surface area contributed by atoms with Crippen molar-refractivity contribution in [1.29, 1.82) is 0 Å². The summed E-state index contributed by atoms with van der Waals surface area (Å²) >= 11 is 5.35. The maximum absolute atomic E-state index is 4.74. The normalized spacial score (nSPS) is 12.9. The van der Waals surface area contributed by atoms with Gasteiger partial charge in [-0.25, -0.2) is 4.98 Å². The van der Waals surface area contributed by atoms with Crippen molar-refractivity contribution in [3.63, 3.8) is 0 Å². The van der Waals surface area contributed by atoms with Crippen LogP contribution < -0.4 is 5.32 Å². The van der Waals surface area contributed by atoms with Crippen LogP contribution in [0.5, 0.6) is 0 Å². The fourth-order valence-corrected chi connectivity index (χ4v) is 3.37. The first-order valence-electron chi connectivity index (χ1n) is 6.84. The first-order valence-corrected chi connectivity index (χ1v) is 8.45. The van der Waals surface area contributed by atoms with Crippen LogP contribution >= 0.6 is 27.3 Å². The molecule has 1 unspecified atom stereocenters. The van der Waals surface area contributed by atoms with E-state index in [9.17, 15) is 0 Å². The first-order chi connectivity index (χ1) is 9.38. The van der Waals surface area contributed by atoms with Gasteiger partial charge in [0.25, 0.3) is 0 Å². The van der Waals surface area contributed by atoms with Crippen LogP contribution in [-0.4, -0.2) is 11.0 Å². The Morgan fingerprint density at radius 2 is 1.90 bits per heavy atom. The molecule has 0 aliphatic heterocycles. The quantitative estimate of drug-likeness (QED) is 0.844. The number of hydrogen-bond acceptors (Lipinski definition) is 3. The van der Waals surface area contributed by atoms with Crippen molar-refractivity contribution in [2.75, 3.05) is 0 Å². The number of aromatic nitrogens is 1. The van der Waals surface area contributed by atoms with Gasteiger partial charge in [0.2, 0.25) is 0 Å². The fourth-order valence-electron chi connectivity index (χ4n) is 2.11. The Hall–Kier alpha value is -0.710. The topological polar surface area (TPSA) is 24.9 Å². The number of aryl methyl sites for hydroxylation is 3. The predicted octanol–water partition coefficient (Wildman–Crippen LogP) is 4.92. The summed E-state index contributed by atoms with van der Waals surface area (Å²) in [5.74, 6) is 0. The van der Waals surface area contributed by atoms with Crippen molar-refractivity contribution in [3.8, 4) is 0 Å². The highest BCUT2D eigenvalue weighted by Crippen LogP contribution is 2.30. The zero-order chi connectivity index (χ0) is 14.9. The van der Waals surface area contributed by atoms with Gasteiger partial charge in [-0.15, -0.1) is 11.3 Å². The van der Waals surface area contributed by atoms with E-state index in [0.29, 0.717) is 6.04 Å². The lowest BCUT2D eigenvalue weighted by atomic mass is 10.0. The number of nitrogens with zero attached hydrogens (tertiary/aromatic N) is 1. The average molecular weight is 353 g/mol. The fraction of sp³-hybridized carbons (Fsp3) is 0.438. The number of nitrogens with one attached hydrogen (secondary N) is 1. The van der Waals surface area contributed by atoms with Crippen molar-refractivity contribution >= 4 is 27.3 Å². The third kappa shape index (κ3) is 3.48. The summed E-state index contributed by atoms with van der Waals surface area (Å²) in [6.07, 6.45) is 0. The molecule has 0 saturated heterocycles. The standard InChI is InChI=1S/C16H21BrN2S/c1-9(2)18-15(16-19-11(4)12(5)20-16)13-6-7-14(17)10(3)8-13/h6-9,15,18H,1-5H3. The maximum Gasteiger partial charge on any atom is 0.115 e. The minimum Gasteiger partial charge on any atom is -0.302 e. The molecule has 0 saturated carbocycles. The van der Waals surface area contributed by atoms with E-state index in [4.69, 9.17) is 4.98 Å². The van der Waals surface area contributed by atoms with Crippen molar-refractivity contribution in [2.45, 2.75) is 46.7 Å². The minimum absolute atomic E-state index is 0.166. The molecule has 1 aromatic carbocycles. The summed E-state index contributed by atoms with van der Waals surface area (Å²) < 4.78 is 1.15. The molecule has 2 nitrogen and oxygen atoms in total. The van der Waals surface area contributed by atoms with Crippen LogP contribution in [0, 0.1) is 20.8 Å². The van der Waals surface area contributed by atoms with Gasteiger partial charge in [0.1, 0.15) is 5.01 Å². The highest BCUT2D eigenvalue weighted by atomic mass is 79.9. The molecule has 2 rings (SSSR count). The molecule has 0 fully saturated rings. The molecular weight excluding hydrogens is 332 g/mol. The molecule has 1 atom stereocenters. The van der Waals surface area contributed by atoms with Crippen LogP contribution in [-0.2, 0) is 0 Å². The Kier molecular flexibility index (Phi) is 4.99. The molecule has 2 aromatic rings. The van der Waals surface area contributed by atoms with E-state index < -0.39 is 0 Å². The molecule has 1 heterocycles. The Labute approximate surface area is 133 Å². The molecule has 0 radical (unpaired) electrons. The molecule has 108 valence electrons. The van der Waals surface area contributed by atoms with Crippen LogP contribution in [0.4, 0.5) is 0 Å². The third-order valence-electron chi connectivity index (χ3n) is 3.31. The van der Waals surface area contributed by atoms with Crippen LogP contribution in [0.3, 0.4) is 0 Å². The van der Waals surface area contributed by atoms with Crippen molar-refractivity contribution in [3.05, 3.63) is 49.4 Å². The van der Waals surface area contributed by atoms with Crippen LogP contribution in [0.15, 0.2) is 22.7 Å². The summed E-state index contributed by atoms with van der Waals surface area (Å²) in [4.78, 5) is 6.03. The zero-order valence-electron chi connectivity index (χ0n) is 12.6. The smallest absolute Gasteiger partial charge is 0.115 e. The average Bonchev–Trinajstić information content (AvgIpc) is 2.70. The lowest BCUT2D eigenvalue weighted by Crippen LogP contribution is -2.29. The van der Waals surface area contributed by atoms with Crippen LogP contribution in [0.1, 0.15) is 46.6 Å². The molecule has 20 heavy (non-hydrogen) atoms. The van der Waals surface area contributed by atoms with Gasteiger partial charge in [-0.3, -0.25) is 0 Å². The van der Waals surface area contributed by atoms with Gasteiger partial charge in [-0.1, -0.05) is 28.1 Å².